The maximum absolute atomic E-state index is 5.99. The second-order valence-corrected chi connectivity index (χ2v) is 4.88. The molecule has 1 aliphatic heterocycles. The zero-order chi connectivity index (χ0) is 12.7. The molecule has 4 nitrogen and oxygen atoms in total. The van der Waals surface area contributed by atoms with Gasteiger partial charge in [0.15, 0.2) is 0 Å². The van der Waals surface area contributed by atoms with E-state index in [2.05, 4.69) is 18.7 Å². The third-order valence-corrected chi connectivity index (χ3v) is 3.90. The lowest BCUT2D eigenvalue weighted by molar-refractivity contribution is -0.0560. The third-order valence-electron chi connectivity index (χ3n) is 3.90. The van der Waals surface area contributed by atoms with Gasteiger partial charge >= 0.3 is 0 Å². The molecule has 0 aliphatic carbocycles. The number of nitrogens with two attached hydrogens (primary N) is 1. The Morgan fingerprint density at radius 1 is 1.41 bits per heavy atom. The average molecular weight is 244 g/mol. The highest BCUT2D eigenvalue weighted by Crippen LogP contribution is 2.25. The summed E-state index contributed by atoms with van der Waals surface area (Å²) in [7, 11) is 1.75. The molecule has 1 rings (SSSR count). The molecule has 1 aliphatic rings. The molecule has 4 heteroatoms. The summed E-state index contributed by atoms with van der Waals surface area (Å²) in [6, 6.07) is 0. The first kappa shape index (κ1) is 14.9. The topological polar surface area (TPSA) is 47.7 Å². The van der Waals surface area contributed by atoms with E-state index < -0.39 is 0 Å². The van der Waals surface area contributed by atoms with Gasteiger partial charge in [-0.1, -0.05) is 6.92 Å². The lowest BCUT2D eigenvalue weighted by Crippen LogP contribution is -2.60. The van der Waals surface area contributed by atoms with Gasteiger partial charge in [-0.2, -0.15) is 0 Å². The van der Waals surface area contributed by atoms with Crippen molar-refractivity contribution in [2.75, 3.05) is 40.0 Å². The second-order valence-electron chi connectivity index (χ2n) is 4.88. The summed E-state index contributed by atoms with van der Waals surface area (Å²) in [4.78, 5) is 2.47. The normalized spacial score (nSPS) is 25.8. The van der Waals surface area contributed by atoms with E-state index >= 15 is 0 Å². The van der Waals surface area contributed by atoms with Crippen LogP contribution in [0.4, 0.5) is 0 Å². The molecule has 0 aromatic heterocycles. The molecule has 2 atom stereocenters. The van der Waals surface area contributed by atoms with Gasteiger partial charge in [0.25, 0.3) is 0 Å². The predicted molar refractivity (Wildman–Crippen MR) is 70.2 cm³/mol. The summed E-state index contributed by atoms with van der Waals surface area (Å²) in [6.07, 6.45) is 3.75. The fraction of sp³-hybridized carbons (Fsp3) is 1.00. The molecule has 0 radical (unpaired) electrons. The van der Waals surface area contributed by atoms with Crippen LogP contribution in [0.3, 0.4) is 0 Å². The van der Waals surface area contributed by atoms with Crippen molar-refractivity contribution in [3.8, 4) is 0 Å². The highest BCUT2D eigenvalue weighted by Gasteiger charge is 2.36. The van der Waals surface area contributed by atoms with Gasteiger partial charge in [0, 0.05) is 26.8 Å². The van der Waals surface area contributed by atoms with E-state index in [4.69, 9.17) is 15.2 Å². The molecule has 102 valence electrons. The van der Waals surface area contributed by atoms with E-state index in [-0.39, 0.29) is 5.54 Å². The van der Waals surface area contributed by atoms with E-state index in [0.29, 0.717) is 19.3 Å². The summed E-state index contributed by atoms with van der Waals surface area (Å²) in [5, 5.41) is 0. The lowest BCUT2D eigenvalue weighted by atomic mass is 9.91. The van der Waals surface area contributed by atoms with Gasteiger partial charge < -0.3 is 15.2 Å². The Morgan fingerprint density at radius 2 is 2.18 bits per heavy atom. The van der Waals surface area contributed by atoms with Gasteiger partial charge in [0.1, 0.15) is 0 Å². The van der Waals surface area contributed by atoms with Crippen molar-refractivity contribution in [2.45, 2.75) is 44.8 Å². The molecular formula is C13H28N2O2. The van der Waals surface area contributed by atoms with Crippen LogP contribution in [-0.2, 0) is 9.47 Å². The predicted octanol–water partition coefficient (Wildman–Crippen LogP) is 1.24. The molecule has 0 aromatic rings. The highest BCUT2D eigenvalue weighted by atomic mass is 16.5. The van der Waals surface area contributed by atoms with Crippen LogP contribution in [0.25, 0.3) is 0 Å². The first-order valence-electron chi connectivity index (χ1n) is 6.78. The fourth-order valence-corrected chi connectivity index (χ4v) is 2.76. The Labute approximate surface area is 105 Å². The molecule has 0 saturated carbocycles. The van der Waals surface area contributed by atoms with Crippen LogP contribution in [0.2, 0.25) is 0 Å². The number of methoxy groups -OCH3 is 1. The molecule has 17 heavy (non-hydrogen) atoms. The van der Waals surface area contributed by atoms with Crippen LogP contribution in [0, 0.1) is 0 Å². The van der Waals surface area contributed by atoms with Crippen molar-refractivity contribution in [3.05, 3.63) is 0 Å². The summed E-state index contributed by atoms with van der Waals surface area (Å²) >= 11 is 0. The standard InChI is InChI=1S/C13H28N2O2/c1-4-13(10-14,11-16-3)15-8-6-7-12(9-15)17-5-2/h12H,4-11,14H2,1-3H3. The van der Waals surface area contributed by atoms with E-state index in [1.165, 1.54) is 12.8 Å². The first-order chi connectivity index (χ1) is 8.22. The summed E-state index contributed by atoms with van der Waals surface area (Å²) < 4.78 is 11.1. The third kappa shape index (κ3) is 3.65. The van der Waals surface area contributed by atoms with E-state index in [0.717, 1.165) is 26.1 Å². The van der Waals surface area contributed by atoms with Crippen LogP contribution in [0.1, 0.15) is 33.1 Å². The van der Waals surface area contributed by atoms with Gasteiger partial charge in [0.05, 0.1) is 18.2 Å². The smallest absolute Gasteiger partial charge is 0.0702 e. The zero-order valence-corrected chi connectivity index (χ0v) is 11.6. The van der Waals surface area contributed by atoms with Crippen LogP contribution < -0.4 is 5.73 Å². The molecule has 1 heterocycles. The molecule has 0 spiro atoms. The Bertz CT molecular complexity index is 206. The van der Waals surface area contributed by atoms with Gasteiger partial charge in [-0.05, 0) is 32.7 Å². The maximum Gasteiger partial charge on any atom is 0.0702 e. The molecule has 2 unspecified atom stereocenters. The average Bonchev–Trinajstić information content (AvgIpc) is 2.37. The van der Waals surface area contributed by atoms with Crippen LogP contribution in [0.15, 0.2) is 0 Å². The molecular weight excluding hydrogens is 216 g/mol. The van der Waals surface area contributed by atoms with Crippen LogP contribution in [0.5, 0.6) is 0 Å². The van der Waals surface area contributed by atoms with E-state index in [1.807, 2.05) is 0 Å². The summed E-state index contributed by atoms with van der Waals surface area (Å²) in [6.45, 7) is 8.50. The molecule has 1 saturated heterocycles. The number of piperidine rings is 1. The van der Waals surface area contributed by atoms with Crippen molar-refractivity contribution in [1.82, 2.24) is 4.90 Å². The first-order valence-corrected chi connectivity index (χ1v) is 6.78. The highest BCUT2D eigenvalue weighted by molar-refractivity contribution is 4.93. The van der Waals surface area contributed by atoms with Crippen LogP contribution >= 0.6 is 0 Å². The lowest BCUT2D eigenvalue weighted by Gasteiger charge is -2.46. The number of likely N-dealkylation sites (tertiary alicyclic amines) is 1. The molecule has 0 aromatic carbocycles. The monoisotopic (exact) mass is 244 g/mol. The Balaban J connectivity index is 2.66. The molecule has 0 bridgehead atoms. The molecule has 0 amide bonds. The van der Waals surface area contributed by atoms with Gasteiger partial charge in [-0.25, -0.2) is 0 Å². The quantitative estimate of drug-likeness (QED) is 0.732. The summed E-state index contributed by atoms with van der Waals surface area (Å²) in [5.74, 6) is 0. The summed E-state index contributed by atoms with van der Waals surface area (Å²) in [5.41, 5.74) is 5.98. The zero-order valence-electron chi connectivity index (χ0n) is 11.6. The van der Waals surface area contributed by atoms with Gasteiger partial charge in [-0.3, -0.25) is 4.90 Å². The van der Waals surface area contributed by atoms with Gasteiger partial charge in [0.2, 0.25) is 0 Å². The van der Waals surface area contributed by atoms with Crippen molar-refractivity contribution in [3.63, 3.8) is 0 Å². The minimum Gasteiger partial charge on any atom is -0.383 e. The minimum atomic E-state index is -0.00940. The van der Waals surface area contributed by atoms with Crippen molar-refractivity contribution < 1.29 is 9.47 Å². The SMILES string of the molecule is CCOC1CCCN(C(CC)(CN)COC)C1. The minimum absolute atomic E-state index is 0.00940. The van der Waals surface area contributed by atoms with Crippen LogP contribution in [-0.4, -0.2) is 56.5 Å². The maximum atomic E-state index is 5.99. The van der Waals surface area contributed by atoms with Crippen molar-refractivity contribution >= 4 is 0 Å². The number of hydrogen-bond donors (Lipinski definition) is 1. The van der Waals surface area contributed by atoms with Crippen molar-refractivity contribution in [1.29, 1.82) is 0 Å². The van der Waals surface area contributed by atoms with Crippen molar-refractivity contribution in [2.24, 2.45) is 5.73 Å². The number of rotatable bonds is 7. The fourth-order valence-electron chi connectivity index (χ4n) is 2.76. The number of ether oxygens (including phenoxy) is 2. The number of nitrogens with zero attached hydrogens (tertiary/aromatic N) is 1. The van der Waals surface area contributed by atoms with E-state index in [1.54, 1.807) is 7.11 Å². The Morgan fingerprint density at radius 3 is 2.71 bits per heavy atom. The van der Waals surface area contributed by atoms with E-state index in [9.17, 15) is 0 Å². The molecule has 1 fully saturated rings. The Kier molecular flexibility index (Phi) is 6.41. The molecule has 2 N–H and O–H groups in total. The van der Waals surface area contributed by atoms with Gasteiger partial charge in [-0.15, -0.1) is 0 Å². The Hall–Kier alpha value is -0.160. The largest absolute Gasteiger partial charge is 0.383 e. The second kappa shape index (κ2) is 7.31. The number of hydrogen-bond acceptors (Lipinski definition) is 4.